The lowest BCUT2D eigenvalue weighted by atomic mass is 10.3. The van der Waals surface area contributed by atoms with E-state index in [0.29, 0.717) is 6.54 Å². The van der Waals surface area contributed by atoms with Crippen molar-refractivity contribution in [2.75, 3.05) is 6.54 Å². The van der Waals surface area contributed by atoms with Gasteiger partial charge in [-0.25, -0.2) is 4.98 Å². The highest BCUT2D eigenvalue weighted by Gasteiger charge is 2.02. The fraction of sp³-hybridized carbons (Fsp3) is 0.375. The summed E-state index contributed by atoms with van der Waals surface area (Å²) in [6, 6.07) is 0. The Morgan fingerprint density at radius 1 is 1.58 bits per heavy atom. The molecule has 0 aliphatic rings. The third-order valence-corrected chi connectivity index (χ3v) is 2.63. The molecule has 2 aromatic heterocycles. The number of imidazole rings is 1. The highest BCUT2D eigenvalue weighted by molar-refractivity contribution is 7.16. The summed E-state index contributed by atoms with van der Waals surface area (Å²) in [5, 5.41) is 0. The number of hydrogen-bond donors (Lipinski definition) is 1. The lowest BCUT2D eigenvalue weighted by Crippen LogP contribution is -2.02. The molecule has 0 atom stereocenters. The van der Waals surface area contributed by atoms with Crippen molar-refractivity contribution in [1.82, 2.24) is 9.38 Å². The van der Waals surface area contributed by atoms with E-state index >= 15 is 0 Å². The molecule has 0 aliphatic heterocycles. The molecular formula is C8H11N3S. The second-order valence-corrected chi connectivity index (χ2v) is 4.02. The zero-order chi connectivity index (χ0) is 8.55. The van der Waals surface area contributed by atoms with Crippen LogP contribution in [0.1, 0.15) is 10.6 Å². The van der Waals surface area contributed by atoms with Gasteiger partial charge in [0.2, 0.25) is 0 Å². The summed E-state index contributed by atoms with van der Waals surface area (Å²) in [6.45, 7) is 2.76. The molecule has 4 heteroatoms. The molecule has 0 saturated carbocycles. The van der Waals surface area contributed by atoms with Crippen molar-refractivity contribution in [3.8, 4) is 0 Å². The van der Waals surface area contributed by atoms with Gasteiger partial charge in [0.05, 0.1) is 5.69 Å². The van der Waals surface area contributed by atoms with E-state index in [0.717, 1.165) is 17.1 Å². The Morgan fingerprint density at radius 3 is 3.08 bits per heavy atom. The molecule has 12 heavy (non-hydrogen) atoms. The van der Waals surface area contributed by atoms with Crippen LogP contribution in [0, 0.1) is 6.92 Å². The van der Waals surface area contributed by atoms with E-state index in [9.17, 15) is 0 Å². The minimum atomic E-state index is 0.670. The Hall–Kier alpha value is -0.870. The fourth-order valence-corrected chi connectivity index (χ4v) is 2.06. The Bertz CT molecular complexity index is 356. The van der Waals surface area contributed by atoms with Gasteiger partial charge < -0.3 is 5.73 Å². The van der Waals surface area contributed by atoms with E-state index < -0.39 is 0 Å². The van der Waals surface area contributed by atoms with E-state index in [2.05, 4.69) is 22.5 Å². The number of nitrogens with two attached hydrogens (primary N) is 1. The monoisotopic (exact) mass is 181 g/mol. The molecule has 0 bridgehead atoms. The molecule has 0 unspecified atom stereocenters. The SMILES string of the molecule is Cc1cn2cc(CCN)nc2s1. The smallest absolute Gasteiger partial charge is 0.194 e. The number of fused-ring (bicyclic) bond motifs is 1. The van der Waals surface area contributed by atoms with Crippen molar-refractivity contribution in [2.24, 2.45) is 5.73 Å². The van der Waals surface area contributed by atoms with Crippen LogP contribution in [0.3, 0.4) is 0 Å². The molecule has 0 saturated heterocycles. The number of aryl methyl sites for hydroxylation is 1. The predicted octanol–water partition coefficient (Wildman–Crippen LogP) is 1.21. The number of rotatable bonds is 2. The van der Waals surface area contributed by atoms with Crippen molar-refractivity contribution in [2.45, 2.75) is 13.3 Å². The summed E-state index contributed by atoms with van der Waals surface area (Å²) >= 11 is 1.71. The molecule has 2 rings (SSSR count). The molecule has 2 aromatic rings. The molecule has 0 spiro atoms. The van der Waals surface area contributed by atoms with Crippen LogP contribution in [0.15, 0.2) is 12.4 Å². The average molecular weight is 181 g/mol. The molecular weight excluding hydrogens is 170 g/mol. The first-order valence-corrected chi connectivity index (χ1v) is 4.75. The fourth-order valence-electron chi connectivity index (χ4n) is 1.23. The standard InChI is InChI=1S/C8H11N3S/c1-6-4-11-5-7(2-3-9)10-8(11)12-6/h4-5H,2-3,9H2,1H3. The van der Waals surface area contributed by atoms with Crippen molar-refractivity contribution in [3.05, 3.63) is 23.0 Å². The maximum atomic E-state index is 5.44. The van der Waals surface area contributed by atoms with Crippen LogP contribution >= 0.6 is 11.3 Å². The van der Waals surface area contributed by atoms with Gasteiger partial charge in [-0.05, 0) is 13.5 Å². The zero-order valence-corrected chi connectivity index (χ0v) is 7.77. The first-order valence-electron chi connectivity index (χ1n) is 3.93. The second kappa shape index (κ2) is 2.88. The van der Waals surface area contributed by atoms with Gasteiger partial charge in [-0.15, -0.1) is 11.3 Å². The van der Waals surface area contributed by atoms with E-state index in [1.54, 1.807) is 11.3 Å². The quantitative estimate of drug-likeness (QED) is 0.756. The van der Waals surface area contributed by atoms with Gasteiger partial charge in [0.25, 0.3) is 0 Å². The Morgan fingerprint density at radius 2 is 2.42 bits per heavy atom. The minimum Gasteiger partial charge on any atom is -0.330 e. The Balaban J connectivity index is 2.43. The molecule has 0 fully saturated rings. The van der Waals surface area contributed by atoms with Crippen LogP contribution in [0.5, 0.6) is 0 Å². The van der Waals surface area contributed by atoms with Gasteiger partial charge in [-0.3, -0.25) is 4.40 Å². The number of aromatic nitrogens is 2. The third-order valence-electron chi connectivity index (χ3n) is 1.72. The summed E-state index contributed by atoms with van der Waals surface area (Å²) in [6.07, 6.45) is 5.01. The highest BCUT2D eigenvalue weighted by atomic mass is 32.1. The summed E-state index contributed by atoms with van der Waals surface area (Å²) < 4.78 is 2.06. The molecule has 0 amide bonds. The summed E-state index contributed by atoms with van der Waals surface area (Å²) in [5.41, 5.74) is 6.52. The van der Waals surface area contributed by atoms with Crippen molar-refractivity contribution < 1.29 is 0 Å². The van der Waals surface area contributed by atoms with Crippen LogP contribution < -0.4 is 5.73 Å². The van der Waals surface area contributed by atoms with Crippen LogP contribution in [-0.4, -0.2) is 15.9 Å². The average Bonchev–Trinajstić information content (AvgIpc) is 2.44. The van der Waals surface area contributed by atoms with E-state index in [-0.39, 0.29) is 0 Å². The van der Waals surface area contributed by atoms with Crippen molar-refractivity contribution >= 4 is 16.3 Å². The number of hydrogen-bond acceptors (Lipinski definition) is 3. The van der Waals surface area contributed by atoms with Gasteiger partial charge in [0.15, 0.2) is 4.96 Å². The molecule has 0 aromatic carbocycles. The lowest BCUT2D eigenvalue weighted by molar-refractivity contribution is 0.937. The lowest BCUT2D eigenvalue weighted by Gasteiger charge is -1.86. The van der Waals surface area contributed by atoms with Crippen molar-refractivity contribution in [1.29, 1.82) is 0 Å². The normalized spacial score (nSPS) is 11.2. The Labute approximate surface area is 74.8 Å². The topological polar surface area (TPSA) is 43.3 Å². The van der Waals surface area contributed by atoms with E-state index in [4.69, 9.17) is 5.73 Å². The molecule has 64 valence electrons. The van der Waals surface area contributed by atoms with Crippen LogP contribution in [-0.2, 0) is 6.42 Å². The first kappa shape index (κ1) is 7.76. The van der Waals surface area contributed by atoms with Crippen LogP contribution in [0.4, 0.5) is 0 Å². The molecule has 2 N–H and O–H groups in total. The minimum absolute atomic E-state index is 0.670. The maximum Gasteiger partial charge on any atom is 0.194 e. The maximum absolute atomic E-state index is 5.44. The summed E-state index contributed by atoms with van der Waals surface area (Å²) in [7, 11) is 0. The van der Waals surface area contributed by atoms with Gasteiger partial charge in [0.1, 0.15) is 0 Å². The number of nitrogens with zero attached hydrogens (tertiary/aromatic N) is 2. The molecule has 0 radical (unpaired) electrons. The molecule has 2 heterocycles. The summed E-state index contributed by atoms with van der Waals surface area (Å²) in [5.74, 6) is 0. The zero-order valence-electron chi connectivity index (χ0n) is 6.95. The summed E-state index contributed by atoms with van der Waals surface area (Å²) in [4.78, 5) is 6.78. The van der Waals surface area contributed by atoms with Crippen LogP contribution in [0.25, 0.3) is 4.96 Å². The van der Waals surface area contributed by atoms with Crippen molar-refractivity contribution in [3.63, 3.8) is 0 Å². The number of thiazole rings is 1. The predicted molar refractivity (Wildman–Crippen MR) is 50.6 cm³/mol. The van der Waals surface area contributed by atoms with Gasteiger partial charge >= 0.3 is 0 Å². The molecule has 3 nitrogen and oxygen atoms in total. The molecule has 0 aliphatic carbocycles. The largest absolute Gasteiger partial charge is 0.330 e. The second-order valence-electron chi connectivity index (χ2n) is 2.80. The van der Waals surface area contributed by atoms with Gasteiger partial charge in [0, 0.05) is 23.7 Å². The highest BCUT2D eigenvalue weighted by Crippen LogP contribution is 2.16. The van der Waals surface area contributed by atoms with Gasteiger partial charge in [-0.2, -0.15) is 0 Å². The van der Waals surface area contributed by atoms with E-state index in [1.165, 1.54) is 4.88 Å². The Kier molecular flexibility index (Phi) is 1.86. The van der Waals surface area contributed by atoms with Gasteiger partial charge in [-0.1, -0.05) is 0 Å². The van der Waals surface area contributed by atoms with Crippen LogP contribution in [0.2, 0.25) is 0 Å². The third kappa shape index (κ3) is 1.23. The van der Waals surface area contributed by atoms with E-state index in [1.807, 2.05) is 6.20 Å². The first-order chi connectivity index (χ1) is 5.79.